The molecular weight excluding hydrogens is 194 g/mol. The third-order valence-corrected chi connectivity index (χ3v) is 3.49. The molecule has 1 aliphatic carbocycles. The molecule has 0 saturated heterocycles. The van der Waals surface area contributed by atoms with E-state index in [1.807, 2.05) is 11.9 Å². The van der Waals surface area contributed by atoms with Crippen molar-refractivity contribution in [2.75, 3.05) is 27.3 Å². The molecule has 0 aliphatic heterocycles. The minimum absolute atomic E-state index is 0.228. The van der Waals surface area contributed by atoms with Gasteiger partial charge in [0.15, 0.2) is 0 Å². The summed E-state index contributed by atoms with van der Waals surface area (Å²) in [5, 5.41) is 9.22. The van der Waals surface area contributed by atoms with E-state index in [-0.39, 0.29) is 6.61 Å². The second-order valence-corrected chi connectivity index (χ2v) is 4.69. The van der Waals surface area contributed by atoms with Crippen molar-refractivity contribution >= 4 is 5.97 Å². The highest BCUT2D eigenvalue weighted by Gasteiger charge is 2.39. The van der Waals surface area contributed by atoms with Gasteiger partial charge in [-0.1, -0.05) is 6.42 Å². The van der Waals surface area contributed by atoms with Gasteiger partial charge in [0.2, 0.25) is 0 Å². The van der Waals surface area contributed by atoms with E-state index in [1.54, 1.807) is 14.0 Å². The van der Waals surface area contributed by atoms with Crippen LogP contribution in [0.2, 0.25) is 0 Å². The molecule has 1 saturated carbocycles. The molecule has 1 atom stereocenters. The van der Waals surface area contributed by atoms with Crippen molar-refractivity contribution in [3.05, 3.63) is 0 Å². The van der Waals surface area contributed by atoms with E-state index in [4.69, 9.17) is 4.74 Å². The number of carboxylic acids is 1. The van der Waals surface area contributed by atoms with Gasteiger partial charge in [-0.2, -0.15) is 0 Å². The van der Waals surface area contributed by atoms with Crippen LogP contribution in [0.1, 0.15) is 26.2 Å². The van der Waals surface area contributed by atoms with Gasteiger partial charge in [0.25, 0.3) is 0 Å². The summed E-state index contributed by atoms with van der Waals surface area (Å²) in [6, 6.07) is 0. The Morgan fingerprint density at radius 1 is 1.60 bits per heavy atom. The van der Waals surface area contributed by atoms with Crippen molar-refractivity contribution in [2.45, 2.75) is 31.7 Å². The van der Waals surface area contributed by atoms with Gasteiger partial charge in [-0.05, 0) is 32.7 Å². The standard InChI is InChI=1S/C11H21NO3/c1-11(8-15-3,10(13)14)12(2)7-9-5-4-6-9/h9H,4-8H2,1-3H3,(H,13,14). The Bertz CT molecular complexity index is 228. The van der Waals surface area contributed by atoms with Crippen molar-refractivity contribution in [3.63, 3.8) is 0 Å². The molecule has 1 fully saturated rings. The van der Waals surface area contributed by atoms with Crippen LogP contribution in [0.5, 0.6) is 0 Å². The summed E-state index contributed by atoms with van der Waals surface area (Å²) in [6.07, 6.45) is 3.74. The highest BCUT2D eigenvalue weighted by molar-refractivity contribution is 5.78. The third-order valence-electron chi connectivity index (χ3n) is 3.49. The number of aliphatic carboxylic acids is 1. The minimum atomic E-state index is -0.898. The van der Waals surface area contributed by atoms with Gasteiger partial charge < -0.3 is 9.84 Å². The zero-order chi connectivity index (χ0) is 11.5. The predicted molar refractivity (Wildman–Crippen MR) is 57.9 cm³/mol. The van der Waals surface area contributed by atoms with Crippen molar-refractivity contribution in [2.24, 2.45) is 5.92 Å². The number of carbonyl (C=O) groups is 1. The lowest BCUT2D eigenvalue weighted by atomic mass is 9.84. The smallest absolute Gasteiger partial charge is 0.326 e. The molecule has 88 valence electrons. The van der Waals surface area contributed by atoms with Crippen LogP contribution in [-0.4, -0.2) is 48.8 Å². The molecule has 0 heterocycles. The first-order valence-electron chi connectivity index (χ1n) is 5.44. The van der Waals surface area contributed by atoms with Crippen LogP contribution in [0, 0.1) is 5.92 Å². The highest BCUT2D eigenvalue weighted by Crippen LogP contribution is 2.29. The number of ether oxygens (including phenoxy) is 1. The Morgan fingerprint density at radius 3 is 2.53 bits per heavy atom. The SMILES string of the molecule is COCC(C)(C(=O)O)N(C)CC1CCC1. The Balaban J connectivity index is 2.56. The number of methoxy groups -OCH3 is 1. The summed E-state index contributed by atoms with van der Waals surface area (Å²) in [5.74, 6) is -0.142. The summed E-state index contributed by atoms with van der Waals surface area (Å²) < 4.78 is 5.00. The van der Waals surface area contributed by atoms with E-state index in [2.05, 4.69) is 0 Å². The fourth-order valence-electron chi connectivity index (χ4n) is 1.88. The summed E-state index contributed by atoms with van der Waals surface area (Å²) in [5.41, 5.74) is -0.898. The minimum Gasteiger partial charge on any atom is -0.480 e. The van der Waals surface area contributed by atoms with Gasteiger partial charge >= 0.3 is 5.97 Å². The number of nitrogens with zero attached hydrogens (tertiary/aromatic N) is 1. The first kappa shape index (κ1) is 12.5. The van der Waals surface area contributed by atoms with E-state index in [0.717, 1.165) is 6.54 Å². The fourth-order valence-corrected chi connectivity index (χ4v) is 1.88. The lowest BCUT2D eigenvalue weighted by Crippen LogP contribution is -2.55. The molecule has 0 amide bonds. The maximum Gasteiger partial charge on any atom is 0.326 e. The van der Waals surface area contributed by atoms with Crippen LogP contribution >= 0.6 is 0 Å². The highest BCUT2D eigenvalue weighted by atomic mass is 16.5. The Kier molecular flexibility index (Phi) is 4.11. The predicted octanol–water partition coefficient (Wildman–Crippen LogP) is 1.21. The van der Waals surface area contributed by atoms with Gasteiger partial charge in [-0.25, -0.2) is 0 Å². The van der Waals surface area contributed by atoms with Crippen LogP contribution in [-0.2, 0) is 9.53 Å². The quantitative estimate of drug-likeness (QED) is 0.723. The molecule has 0 bridgehead atoms. The molecule has 1 N–H and O–H groups in total. The number of likely N-dealkylation sites (N-methyl/N-ethyl adjacent to an activating group) is 1. The maximum absolute atomic E-state index is 11.2. The normalized spacial score (nSPS) is 21.1. The van der Waals surface area contributed by atoms with E-state index < -0.39 is 11.5 Å². The Morgan fingerprint density at radius 2 is 2.20 bits per heavy atom. The van der Waals surface area contributed by atoms with Crippen LogP contribution in [0.3, 0.4) is 0 Å². The van der Waals surface area contributed by atoms with Crippen LogP contribution < -0.4 is 0 Å². The topological polar surface area (TPSA) is 49.8 Å². The summed E-state index contributed by atoms with van der Waals surface area (Å²) in [6.45, 7) is 2.80. The third kappa shape index (κ3) is 2.69. The first-order valence-corrected chi connectivity index (χ1v) is 5.44. The van der Waals surface area contributed by atoms with Crippen molar-refractivity contribution < 1.29 is 14.6 Å². The van der Waals surface area contributed by atoms with Gasteiger partial charge in [0, 0.05) is 13.7 Å². The van der Waals surface area contributed by atoms with Crippen molar-refractivity contribution in [1.82, 2.24) is 4.90 Å². The van der Waals surface area contributed by atoms with E-state index in [1.165, 1.54) is 19.3 Å². The number of carboxylic acid groups (broad SMARTS) is 1. The van der Waals surface area contributed by atoms with Gasteiger partial charge in [-0.15, -0.1) is 0 Å². The fraction of sp³-hybridized carbons (Fsp3) is 0.909. The molecule has 15 heavy (non-hydrogen) atoms. The Labute approximate surface area is 91.2 Å². The molecule has 0 aromatic carbocycles. The van der Waals surface area contributed by atoms with E-state index in [9.17, 15) is 9.90 Å². The second kappa shape index (κ2) is 4.94. The average Bonchev–Trinajstić information content (AvgIpc) is 2.10. The van der Waals surface area contributed by atoms with Gasteiger partial charge in [-0.3, -0.25) is 9.69 Å². The van der Waals surface area contributed by atoms with Crippen LogP contribution in [0.25, 0.3) is 0 Å². The van der Waals surface area contributed by atoms with E-state index >= 15 is 0 Å². The number of hydrogen-bond donors (Lipinski definition) is 1. The van der Waals surface area contributed by atoms with Crippen molar-refractivity contribution in [3.8, 4) is 0 Å². The van der Waals surface area contributed by atoms with Gasteiger partial charge in [0.1, 0.15) is 5.54 Å². The van der Waals surface area contributed by atoms with Gasteiger partial charge in [0.05, 0.1) is 6.61 Å². The largest absolute Gasteiger partial charge is 0.480 e. The average molecular weight is 215 g/mol. The summed E-state index contributed by atoms with van der Waals surface area (Å²) in [7, 11) is 3.41. The van der Waals surface area contributed by atoms with Crippen molar-refractivity contribution in [1.29, 1.82) is 0 Å². The molecule has 0 radical (unpaired) electrons. The zero-order valence-electron chi connectivity index (χ0n) is 9.82. The van der Waals surface area contributed by atoms with E-state index in [0.29, 0.717) is 5.92 Å². The molecule has 4 heteroatoms. The molecule has 4 nitrogen and oxygen atoms in total. The van der Waals surface area contributed by atoms with Crippen LogP contribution in [0.15, 0.2) is 0 Å². The maximum atomic E-state index is 11.2. The molecule has 1 unspecified atom stereocenters. The van der Waals surface area contributed by atoms with Crippen LogP contribution in [0.4, 0.5) is 0 Å². The zero-order valence-corrected chi connectivity index (χ0v) is 9.82. The molecular formula is C11H21NO3. The lowest BCUT2D eigenvalue weighted by Gasteiger charge is -2.38. The molecule has 1 aliphatic rings. The monoisotopic (exact) mass is 215 g/mol. The summed E-state index contributed by atoms with van der Waals surface area (Å²) >= 11 is 0. The Hall–Kier alpha value is -0.610. The molecule has 0 spiro atoms. The second-order valence-electron chi connectivity index (χ2n) is 4.69. The number of hydrogen-bond acceptors (Lipinski definition) is 3. The molecule has 1 rings (SSSR count). The summed E-state index contributed by atoms with van der Waals surface area (Å²) in [4.78, 5) is 13.1. The first-order chi connectivity index (χ1) is 7.00. The molecule has 0 aromatic heterocycles. The number of rotatable bonds is 6. The molecule has 0 aromatic rings. The lowest BCUT2D eigenvalue weighted by molar-refractivity contribution is -0.153.